The van der Waals surface area contributed by atoms with Crippen LogP contribution in [0, 0.1) is 0 Å². The van der Waals surface area contributed by atoms with Gasteiger partial charge >= 0.3 is 5.97 Å². The van der Waals surface area contributed by atoms with Crippen molar-refractivity contribution < 1.29 is 18.5 Å². The van der Waals surface area contributed by atoms with E-state index in [2.05, 4.69) is 10.2 Å². The molecule has 1 aliphatic heterocycles. The van der Waals surface area contributed by atoms with E-state index in [1.54, 1.807) is 18.2 Å². The molecule has 2 aromatic rings. The highest BCUT2D eigenvalue weighted by Gasteiger charge is 2.16. The van der Waals surface area contributed by atoms with Gasteiger partial charge in [0.2, 0.25) is 0 Å². The Hall–Kier alpha value is -2.67. The quantitative estimate of drug-likeness (QED) is 0.754. The lowest BCUT2D eigenvalue weighted by molar-refractivity contribution is -0.119. The Labute approximate surface area is 167 Å². The molecule has 1 saturated heterocycles. The van der Waals surface area contributed by atoms with Gasteiger partial charge in [0.05, 0.1) is 21.3 Å². The third-order valence-corrected chi connectivity index (χ3v) is 5.60. The van der Waals surface area contributed by atoms with Crippen LogP contribution in [-0.2, 0) is 20.3 Å². The second-order valence-electron chi connectivity index (χ2n) is 6.67. The highest BCUT2D eigenvalue weighted by atomic mass is 32.2. The zero-order valence-corrected chi connectivity index (χ0v) is 16.7. The maximum atomic E-state index is 12.2. The lowest BCUT2D eigenvalue weighted by Gasteiger charge is -2.28. The fourth-order valence-electron chi connectivity index (χ4n) is 3.20. The van der Waals surface area contributed by atoms with Gasteiger partial charge in [0, 0.05) is 30.7 Å². The largest absolute Gasteiger partial charge is 0.452 e. The third-order valence-electron chi connectivity index (χ3n) is 4.62. The van der Waals surface area contributed by atoms with Gasteiger partial charge in [-0.2, -0.15) is 0 Å². The molecule has 0 bridgehead atoms. The number of nitrogens with zero attached hydrogens (tertiary/aromatic N) is 1. The van der Waals surface area contributed by atoms with Crippen molar-refractivity contribution in [1.29, 1.82) is 0 Å². The Morgan fingerprint density at radius 2 is 1.71 bits per heavy atom. The molecule has 1 N–H and O–H groups in total. The number of anilines is 2. The van der Waals surface area contributed by atoms with Crippen molar-refractivity contribution in [3.8, 4) is 0 Å². The molecule has 0 radical (unpaired) electrons. The SMILES string of the molecule is C[S@](=O)c1ccccc1C(=O)OCC(=O)Nc1ccc(N2CCCCC2)cc1. The molecule has 0 saturated carbocycles. The monoisotopic (exact) mass is 400 g/mol. The molecule has 0 unspecified atom stereocenters. The summed E-state index contributed by atoms with van der Waals surface area (Å²) in [5.41, 5.74) is 2.01. The zero-order valence-electron chi connectivity index (χ0n) is 15.8. The van der Waals surface area contributed by atoms with Crippen molar-refractivity contribution in [3.63, 3.8) is 0 Å². The van der Waals surface area contributed by atoms with Crippen molar-refractivity contribution in [2.75, 3.05) is 36.2 Å². The van der Waals surface area contributed by atoms with Gasteiger partial charge in [0.1, 0.15) is 0 Å². The van der Waals surface area contributed by atoms with Crippen LogP contribution in [-0.4, -0.2) is 42.0 Å². The molecule has 2 aromatic carbocycles. The highest BCUT2D eigenvalue weighted by Crippen LogP contribution is 2.21. The number of carbonyl (C=O) groups excluding carboxylic acids is 2. The van der Waals surface area contributed by atoms with E-state index in [1.807, 2.05) is 24.3 Å². The van der Waals surface area contributed by atoms with Gasteiger partial charge in [-0.1, -0.05) is 12.1 Å². The fraction of sp³-hybridized carbons (Fsp3) is 0.333. The van der Waals surface area contributed by atoms with E-state index in [0.29, 0.717) is 10.6 Å². The molecule has 28 heavy (non-hydrogen) atoms. The lowest BCUT2D eigenvalue weighted by atomic mass is 10.1. The van der Waals surface area contributed by atoms with Crippen LogP contribution in [0.15, 0.2) is 53.4 Å². The van der Waals surface area contributed by atoms with E-state index in [0.717, 1.165) is 18.8 Å². The molecule has 6 nitrogen and oxygen atoms in total. The number of hydrogen-bond donors (Lipinski definition) is 1. The normalized spacial score (nSPS) is 15.0. The Kier molecular flexibility index (Phi) is 6.81. The van der Waals surface area contributed by atoms with E-state index in [4.69, 9.17) is 4.74 Å². The second kappa shape index (κ2) is 9.50. The molecule has 1 atom stereocenters. The molecule has 1 heterocycles. The van der Waals surface area contributed by atoms with Crippen LogP contribution < -0.4 is 10.2 Å². The molecule has 148 valence electrons. The van der Waals surface area contributed by atoms with E-state index >= 15 is 0 Å². The topological polar surface area (TPSA) is 75.7 Å². The average Bonchev–Trinajstić information content (AvgIpc) is 2.73. The molecule has 0 spiro atoms. The van der Waals surface area contributed by atoms with E-state index in [9.17, 15) is 13.8 Å². The summed E-state index contributed by atoms with van der Waals surface area (Å²) in [7, 11) is -1.32. The van der Waals surface area contributed by atoms with Gasteiger partial charge in [-0.25, -0.2) is 4.79 Å². The van der Waals surface area contributed by atoms with Crippen LogP contribution in [0.25, 0.3) is 0 Å². The number of ether oxygens (including phenoxy) is 1. The summed E-state index contributed by atoms with van der Waals surface area (Å²) in [6.45, 7) is 1.72. The first-order valence-electron chi connectivity index (χ1n) is 9.29. The number of carbonyl (C=O) groups is 2. The number of rotatable bonds is 6. The standard InChI is InChI=1S/C21H24N2O4S/c1-28(26)19-8-4-3-7-18(19)21(25)27-15-20(24)22-16-9-11-17(12-10-16)23-13-5-2-6-14-23/h3-4,7-12H,2,5-6,13-15H2,1H3,(H,22,24)/t28-/m0/s1. The Morgan fingerprint density at radius 3 is 2.39 bits per heavy atom. The summed E-state index contributed by atoms with van der Waals surface area (Å²) < 4.78 is 16.8. The summed E-state index contributed by atoms with van der Waals surface area (Å²) in [5, 5.41) is 2.72. The summed E-state index contributed by atoms with van der Waals surface area (Å²) in [6.07, 6.45) is 5.19. The summed E-state index contributed by atoms with van der Waals surface area (Å²) >= 11 is 0. The highest BCUT2D eigenvalue weighted by molar-refractivity contribution is 7.84. The Balaban J connectivity index is 1.53. The number of amides is 1. The van der Waals surface area contributed by atoms with Gasteiger partial charge in [-0.05, 0) is 55.7 Å². The second-order valence-corrected chi connectivity index (χ2v) is 8.02. The zero-order chi connectivity index (χ0) is 19.9. The van der Waals surface area contributed by atoms with Crippen LogP contribution in [0.1, 0.15) is 29.6 Å². The van der Waals surface area contributed by atoms with Crippen molar-refractivity contribution in [1.82, 2.24) is 0 Å². The Morgan fingerprint density at radius 1 is 1.04 bits per heavy atom. The van der Waals surface area contributed by atoms with Crippen LogP contribution in [0.2, 0.25) is 0 Å². The molecule has 0 aromatic heterocycles. The van der Waals surface area contributed by atoms with E-state index in [-0.39, 0.29) is 5.56 Å². The van der Waals surface area contributed by atoms with Crippen LogP contribution in [0.4, 0.5) is 11.4 Å². The van der Waals surface area contributed by atoms with Gasteiger partial charge in [0.15, 0.2) is 6.61 Å². The number of benzene rings is 2. The fourth-order valence-corrected chi connectivity index (χ4v) is 3.93. The minimum Gasteiger partial charge on any atom is -0.452 e. The van der Waals surface area contributed by atoms with E-state index in [1.165, 1.54) is 31.6 Å². The molecular weight excluding hydrogens is 376 g/mol. The predicted molar refractivity (Wildman–Crippen MR) is 110 cm³/mol. The van der Waals surface area contributed by atoms with Crippen LogP contribution >= 0.6 is 0 Å². The first-order valence-corrected chi connectivity index (χ1v) is 10.8. The third kappa shape index (κ3) is 5.19. The minimum absolute atomic E-state index is 0.210. The Bertz CT molecular complexity index is 861. The molecular formula is C21H24N2O4S. The van der Waals surface area contributed by atoms with Gasteiger partial charge in [-0.3, -0.25) is 9.00 Å². The van der Waals surface area contributed by atoms with Gasteiger partial charge in [-0.15, -0.1) is 0 Å². The first kappa shape index (κ1) is 20.1. The summed E-state index contributed by atoms with van der Waals surface area (Å²) in [5.74, 6) is -1.09. The summed E-state index contributed by atoms with van der Waals surface area (Å²) in [4.78, 5) is 27.0. The lowest BCUT2D eigenvalue weighted by Crippen LogP contribution is -2.29. The van der Waals surface area contributed by atoms with Crippen LogP contribution in [0.3, 0.4) is 0 Å². The van der Waals surface area contributed by atoms with Gasteiger partial charge < -0.3 is 15.0 Å². The predicted octanol–water partition coefficient (Wildman–Crippen LogP) is 3.21. The van der Waals surface area contributed by atoms with Gasteiger partial charge in [0.25, 0.3) is 5.91 Å². The number of hydrogen-bond acceptors (Lipinski definition) is 5. The first-order chi connectivity index (χ1) is 13.5. The average molecular weight is 401 g/mol. The smallest absolute Gasteiger partial charge is 0.339 e. The molecule has 7 heteroatoms. The summed E-state index contributed by atoms with van der Waals surface area (Å²) in [6, 6.07) is 14.2. The van der Waals surface area contributed by atoms with E-state index < -0.39 is 29.3 Å². The molecule has 1 fully saturated rings. The van der Waals surface area contributed by atoms with Crippen molar-refractivity contribution in [2.45, 2.75) is 24.2 Å². The maximum absolute atomic E-state index is 12.2. The molecule has 1 amide bonds. The van der Waals surface area contributed by atoms with Crippen molar-refractivity contribution in [2.24, 2.45) is 0 Å². The molecule has 1 aliphatic rings. The van der Waals surface area contributed by atoms with Crippen molar-refractivity contribution >= 4 is 34.1 Å². The molecule has 0 aliphatic carbocycles. The minimum atomic E-state index is -1.32. The van der Waals surface area contributed by atoms with Crippen LogP contribution in [0.5, 0.6) is 0 Å². The number of esters is 1. The molecule has 3 rings (SSSR count). The number of nitrogens with one attached hydrogen (secondary N) is 1. The van der Waals surface area contributed by atoms with Crippen molar-refractivity contribution in [3.05, 3.63) is 54.1 Å². The maximum Gasteiger partial charge on any atom is 0.339 e. The number of piperidine rings is 1.